The van der Waals surface area contributed by atoms with E-state index in [9.17, 15) is 13.2 Å². The van der Waals surface area contributed by atoms with Gasteiger partial charge in [0.2, 0.25) is 10.0 Å². The highest BCUT2D eigenvalue weighted by atomic mass is 79.9. The van der Waals surface area contributed by atoms with Crippen LogP contribution in [-0.2, 0) is 19.5 Å². The second-order valence-corrected chi connectivity index (χ2v) is 6.98. The van der Waals surface area contributed by atoms with E-state index in [0.29, 0.717) is 6.61 Å². The Bertz CT molecular complexity index is 635. The van der Waals surface area contributed by atoms with Gasteiger partial charge in [0.05, 0.1) is 22.1 Å². The van der Waals surface area contributed by atoms with Crippen molar-refractivity contribution in [3.8, 4) is 0 Å². The smallest absolute Gasteiger partial charge is 0.340 e. The molecule has 21 heavy (non-hydrogen) atoms. The minimum absolute atomic E-state index is 0.0519. The van der Waals surface area contributed by atoms with Crippen LogP contribution in [0.4, 0.5) is 0 Å². The fourth-order valence-electron chi connectivity index (χ4n) is 1.44. The standard InChI is InChI=1S/C12H15BrClNO5S/c1-3-19-6-7(2)20-12(16)9-4-8(21(15,17)18)5-10(13)11(9)14/h4-5,7H,3,6H2,1-2H3,(H2,15,17,18). The molecule has 0 aliphatic carbocycles. The van der Waals surface area contributed by atoms with Crippen LogP contribution in [0.1, 0.15) is 24.2 Å². The van der Waals surface area contributed by atoms with Crippen molar-refractivity contribution in [2.24, 2.45) is 5.14 Å². The lowest BCUT2D eigenvalue weighted by molar-refractivity contribution is 0.00438. The number of rotatable bonds is 6. The first kappa shape index (κ1) is 18.4. The molecular formula is C12H15BrClNO5S. The molecule has 1 aromatic carbocycles. The van der Waals surface area contributed by atoms with Crippen LogP contribution < -0.4 is 5.14 Å². The fraction of sp³-hybridized carbons (Fsp3) is 0.417. The van der Waals surface area contributed by atoms with E-state index in [2.05, 4.69) is 15.9 Å². The summed E-state index contributed by atoms with van der Waals surface area (Å²) in [6, 6.07) is 2.30. The van der Waals surface area contributed by atoms with Gasteiger partial charge >= 0.3 is 5.97 Å². The van der Waals surface area contributed by atoms with Crippen LogP contribution in [0.15, 0.2) is 21.5 Å². The summed E-state index contributed by atoms with van der Waals surface area (Å²) in [5.41, 5.74) is -0.0848. The summed E-state index contributed by atoms with van der Waals surface area (Å²) < 4.78 is 33.3. The Morgan fingerprint density at radius 3 is 2.62 bits per heavy atom. The summed E-state index contributed by atoms with van der Waals surface area (Å²) >= 11 is 9.06. The van der Waals surface area contributed by atoms with Crippen molar-refractivity contribution in [2.45, 2.75) is 24.8 Å². The van der Waals surface area contributed by atoms with Crippen LogP contribution in [0.25, 0.3) is 0 Å². The van der Waals surface area contributed by atoms with E-state index in [1.54, 1.807) is 6.92 Å². The number of esters is 1. The summed E-state index contributed by atoms with van der Waals surface area (Å²) in [5.74, 6) is -0.751. The predicted octanol–water partition coefficient (Wildman–Crippen LogP) is 2.33. The molecule has 0 saturated heterocycles. The van der Waals surface area contributed by atoms with Gasteiger partial charge < -0.3 is 9.47 Å². The van der Waals surface area contributed by atoms with Crippen molar-refractivity contribution in [3.63, 3.8) is 0 Å². The summed E-state index contributed by atoms with van der Waals surface area (Å²) in [6.07, 6.45) is -0.495. The average Bonchev–Trinajstić information content (AvgIpc) is 2.37. The maximum absolute atomic E-state index is 12.1. The van der Waals surface area contributed by atoms with Crippen molar-refractivity contribution in [1.82, 2.24) is 0 Å². The van der Waals surface area contributed by atoms with Gasteiger partial charge in [-0.2, -0.15) is 0 Å². The maximum atomic E-state index is 12.1. The summed E-state index contributed by atoms with van der Waals surface area (Å²) in [6.45, 7) is 4.20. The minimum Gasteiger partial charge on any atom is -0.457 e. The molecule has 9 heteroatoms. The number of carbonyl (C=O) groups is 1. The Hall–Kier alpha value is -0.670. The van der Waals surface area contributed by atoms with Crippen LogP contribution in [0.5, 0.6) is 0 Å². The van der Waals surface area contributed by atoms with Gasteiger partial charge in [-0.25, -0.2) is 18.4 Å². The molecule has 0 fully saturated rings. The highest BCUT2D eigenvalue weighted by molar-refractivity contribution is 9.10. The van der Waals surface area contributed by atoms with Crippen LogP contribution in [-0.4, -0.2) is 33.7 Å². The van der Waals surface area contributed by atoms with Gasteiger partial charge in [0, 0.05) is 11.1 Å². The van der Waals surface area contributed by atoms with E-state index in [4.69, 9.17) is 26.2 Å². The third kappa shape index (κ3) is 5.23. The zero-order chi connectivity index (χ0) is 16.2. The molecule has 0 aliphatic heterocycles. The molecule has 0 saturated carbocycles. The Balaban J connectivity index is 3.06. The molecule has 0 amide bonds. The highest BCUT2D eigenvalue weighted by Gasteiger charge is 2.21. The normalized spacial score (nSPS) is 13.0. The van der Waals surface area contributed by atoms with Gasteiger partial charge in [-0.15, -0.1) is 0 Å². The Morgan fingerprint density at radius 1 is 1.48 bits per heavy atom. The molecule has 118 valence electrons. The lowest BCUT2D eigenvalue weighted by Crippen LogP contribution is -2.21. The number of hydrogen-bond donors (Lipinski definition) is 1. The lowest BCUT2D eigenvalue weighted by atomic mass is 10.2. The zero-order valence-corrected chi connectivity index (χ0v) is 14.6. The van der Waals surface area contributed by atoms with Crippen molar-refractivity contribution < 1.29 is 22.7 Å². The third-order valence-corrected chi connectivity index (χ3v) is 4.57. The van der Waals surface area contributed by atoms with Crippen molar-refractivity contribution in [3.05, 3.63) is 27.2 Å². The number of hydrogen-bond acceptors (Lipinski definition) is 5. The zero-order valence-electron chi connectivity index (χ0n) is 11.4. The second-order valence-electron chi connectivity index (χ2n) is 4.19. The van der Waals surface area contributed by atoms with Crippen LogP contribution in [0.3, 0.4) is 0 Å². The van der Waals surface area contributed by atoms with E-state index in [1.165, 1.54) is 6.07 Å². The topological polar surface area (TPSA) is 95.7 Å². The average molecular weight is 401 g/mol. The number of nitrogens with two attached hydrogens (primary N) is 1. The van der Waals surface area contributed by atoms with Gasteiger partial charge in [-0.1, -0.05) is 11.6 Å². The number of sulfonamides is 1. The lowest BCUT2D eigenvalue weighted by Gasteiger charge is -2.14. The molecule has 0 spiro atoms. The van der Waals surface area contributed by atoms with E-state index in [-0.39, 0.29) is 26.6 Å². The maximum Gasteiger partial charge on any atom is 0.340 e. The summed E-state index contributed by atoms with van der Waals surface area (Å²) in [7, 11) is -3.96. The number of ether oxygens (including phenoxy) is 2. The molecule has 0 heterocycles. The second kappa shape index (κ2) is 7.55. The van der Waals surface area contributed by atoms with Crippen molar-refractivity contribution >= 4 is 43.5 Å². The van der Waals surface area contributed by atoms with Gasteiger partial charge in [0.15, 0.2) is 0 Å². The molecule has 0 radical (unpaired) electrons. The molecular weight excluding hydrogens is 386 g/mol. The van der Waals surface area contributed by atoms with Gasteiger partial charge in [-0.3, -0.25) is 0 Å². The first-order valence-electron chi connectivity index (χ1n) is 5.97. The van der Waals surface area contributed by atoms with E-state index in [0.717, 1.165) is 6.07 Å². The predicted molar refractivity (Wildman–Crippen MR) is 81.9 cm³/mol. The molecule has 0 bridgehead atoms. The third-order valence-electron chi connectivity index (χ3n) is 2.42. The van der Waals surface area contributed by atoms with Gasteiger partial charge in [-0.05, 0) is 41.9 Å². The number of primary sulfonamides is 1. The minimum atomic E-state index is -3.96. The fourth-order valence-corrected chi connectivity index (χ4v) is 2.80. The Morgan fingerprint density at radius 2 is 2.10 bits per heavy atom. The first-order chi connectivity index (χ1) is 9.66. The molecule has 1 aromatic rings. The number of carbonyl (C=O) groups excluding carboxylic acids is 1. The highest BCUT2D eigenvalue weighted by Crippen LogP contribution is 2.30. The molecule has 0 aliphatic rings. The molecule has 1 atom stereocenters. The molecule has 1 unspecified atom stereocenters. The summed E-state index contributed by atoms with van der Waals surface area (Å²) in [5, 5.41) is 5.10. The number of benzene rings is 1. The number of halogens is 2. The summed E-state index contributed by atoms with van der Waals surface area (Å²) in [4.78, 5) is 11.8. The van der Waals surface area contributed by atoms with E-state index in [1.807, 2.05) is 6.92 Å². The quantitative estimate of drug-likeness (QED) is 0.739. The first-order valence-corrected chi connectivity index (χ1v) is 8.69. The van der Waals surface area contributed by atoms with Crippen LogP contribution >= 0.6 is 27.5 Å². The molecule has 2 N–H and O–H groups in total. The molecule has 0 aromatic heterocycles. The monoisotopic (exact) mass is 399 g/mol. The van der Waals surface area contributed by atoms with Gasteiger partial charge in [0.1, 0.15) is 6.10 Å². The Kier molecular flexibility index (Phi) is 6.61. The van der Waals surface area contributed by atoms with Gasteiger partial charge in [0.25, 0.3) is 0 Å². The van der Waals surface area contributed by atoms with E-state index < -0.39 is 22.1 Å². The Labute approximate surface area is 136 Å². The van der Waals surface area contributed by atoms with Crippen LogP contribution in [0, 0.1) is 0 Å². The SMILES string of the molecule is CCOCC(C)OC(=O)c1cc(S(N)(=O)=O)cc(Br)c1Cl. The van der Waals surface area contributed by atoms with Crippen molar-refractivity contribution in [2.75, 3.05) is 13.2 Å². The van der Waals surface area contributed by atoms with Crippen molar-refractivity contribution in [1.29, 1.82) is 0 Å². The van der Waals surface area contributed by atoms with Crippen LogP contribution in [0.2, 0.25) is 5.02 Å². The van der Waals surface area contributed by atoms with E-state index >= 15 is 0 Å². The largest absolute Gasteiger partial charge is 0.457 e. The molecule has 1 rings (SSSR count). The molecule has 6 nitrogen and oxygen atoms in total.